The maximum absolute atomic E-state index is 10.9. The van der Waals surface area contributed by atoms with Crippen molar-refractivity contribution in [1.82, 2.24) is 0 Å². The van der Waals surface area contributed by atoms with Crippen molar-refractivity contribution < 1.29 is 48.1 Å². The number of aliphatic hydroxyl groups excluding tert-OH is 2. The largest absolute Gasteiger partial charge is 0.387 e. The molecule has 5 rings (SSSR count). The van der Waals surface area contributed by atoms with Crippen LogP contribution in [0.25, 0.3) is 0 Å². The molecule has 0 aliphatic carbocycles. The van der Waals surface area contributed by atoms with Crippen molar-refractivity contribution >= 4 is 0 Å². The Morgan fingerprint density at radius 3 is 1.64 bits per heavy atom. The summed E-state index contributed by atoms with van der Waals surface area (Å²) in [5.74, 6) is 0. The third-order valence-corrected chi connectivity index (χ3v) is 7.87. The fourth-order valence-corrected chi connectivity index (χ4v) is 5.47. The molecule has 44 heavy (non-hydrogen) atoms. The lowest BCUT2D eigenvalue weighted by molar-refractivity contribution is -0.327. The van der Waals surface area contributed by atoms with Crippen molar-refractivity contribution in [3.8, 4) is 0 Å². The van der Waals surface area contributed by atoms with Crippen LogP contribution in [0, 0.1) is 0 Å². The fourth-order valence-electron chi connectivity index (χ4n) is 5.47. The van der Waals surface area contributed by atoms with Gasteiger partial charge in [-0.2, -0.15) is 0 Å². The van der Waals surface area contributed by atoms with Crippen LogP contribution < -0.4 is 0 Å². The molecule has 238 valence electrons. The Bertz CT molecular complexity index is 1220. The van der Waals surface area contributed by atoms with Gasteiger partial charge >= 0.3 is 0 Å². The number of methoxy groups -OCH3 is 2. The van der Waals surface area contributed by atoms with Gasteiger partial charge in [-0.15, -0.1) is 0 Å². The van der Waals surface area contributed by atoms with Crippen LogP contribution in [0.4, 0.5) is 0 Å². The molecule has 2 N–H and O–H groups in total. The Kier molecular flexibility index (Phi) is 12.3. The molecule has 9 atom stereocenters. The normalized spacial score (nSPS) is 30.7. The summed E-state index contributed by atoms with van der Waals surface area (Å²) >= 11 is 0. The van der Waals surface area contributed by atoms with E-state index in [1.165, 1.54) is 14.2 Å². The van der Waals surface area contributed by atoms with Gasteiger partial charge in [0.05, 0.1) is 33.0 Å². The molecular weight excluding hydrogens is 568 g/mol. The van der Waals surface area contributed by atoms with Crippen LogP contribution in [0.15, 0.2) is 91.0 Å². The number of rotatable bonds is 14. The summed E-state index contributed by atoms with van der Waals surface area (Å²) in [6.45, 7) is 1.07. The molecule has 2 heterocycles. The second kappa shape index (κ2) is 16.5. The van der Waals surface area contributed by atoms with Crippen LogP contribution in [0.3, 0.4) is 0 Å². The lowest BCUT2D eigenvalue weighted by Crippen LogP contribution is -2.61. The molecule has 0 amide bonds. The van der Waals surface area contributed by atoms with Crippen LogP contribution in [0.1, 0.15) is 16.7 Å². The maximum atomic E-state index is 10.9. The van der Waals surface area contributed by atoms with Crippen LogP contribution in [-0.4, -0.2) is 93.0 Å². The zero-order chi connectivity index (χ0) is 30.7. The summed E-state index contributed by atoms with van der Waals surface area (Å²) in [6.07, 6.45) is -7.61. The zero-order valence-corrected chi connectivity index (χ0v) is 25.1. The topological polar surface area (TPSA) is 114 Å². The molecule has 2 aliphatic heterocycles. The molecule has 10 heteroatoms. The summed E-state index contributed by atoms with van der Waals surface area (Å²) in [6, 6.07) is 29.6. The summed E-state index contributed by atoms with van der Waals surface area (Å²) < 4.78 is 48.1. The minimum Gasteiger partial charge on any atom is -0.387 e. The highest BCUT2D eigenvalue weighted by molar-refractivity contribution is 5.15. The molecule has 2 saturated heterocycles. The lowest BCUT2D eigenvalue weighted by atomic mass is 9.99. The van der Waals surface area contributed by atoms with E-state index in [9.17, 15) is 10.2 Å². The molecule has 0 aromatic heterocycles. The predicted molar refractivity (Wildman–Crippen MR) is 159 cm³/mol. The molecule has 2 aliphatic rings. The molecule has 3 aromatic rings. The summed E-state index contributed by atoms with van der Waals surface area (Å²) in [5.41, 5.74) is 3.01. The standard InChI is InChI=1S/C34H42O10/c1-37-30-28(35)26(44-33(36)31(30)38-2)21-42-34-32(41-20-25-16-10-5-11-17-25)29(40-19-24-14-8-4-9-15-24)27(22-43-34)39-18-23-12-6-3-7-13-23/h3-17,26-36H,18-22H2,1-2H3/t26-,27+,28-,29+,30+,31-,32-,33+,34-/m1/s1. The van der Waals surface area contributed by atoms with Gasteiger partial charge in [-0.05, 0) is 16.7 Å². The van der Waals surface area contributed by atoms with Crippen molar-refractivity contribution in [3.63, 3.8) is 0 Å². The first-order chi connectivity index (χ1) is 21.6. The second-order valence-electron chi connectivity index (χ2n) is 10.8. The molecular formula is C34H42O10. The van der Waals surface area contributed by atoms with Gasteiger partial charge in [-0.3, -0.25) is 0 Å². The molecule has 0 spiro atoms. The predicted octanol–water partition coefficient (Wildman–Crippen LogP) is 3.22. The third kappa shape index (κ3) is 8.49. The van der Waals surface area contributed by atoms with Crippen LogP contribution >= 0.6 is 0 Å². The number of hydrogen-bond donors (Lipinski definition) is 2. The quantitative estimate of drug-likeness (QED) is 0.282. The van der Waals surface area contributed by atoms with Crippen molar-refractivity contribution in [3.05, 3.63) is 108 Å². The first kappa shape index (κ1) is 32.6. The summed E-state index contributed by atoms with van der Waals surface area (Å²) in [4.78, 5) is 0. The van der Waals surface area contributed by atoms with E-state index in [-0.39, 0.29) is 19.8 Å². The second-order valence-corrected chi connectivity index (χ2v) is 10.8. The van der Waals surface area contributed by atoms with Crippen LogP contribution in [-0.2, 0) is 57.7 Å². The first-order valence-corrected chi connectivity index (χ1v) is 14.8. The number of aliphatic hydroxyl groups is 2. The summed E-state index contributed by atoms with van der Waals surface area (Å²) in [7, 11) is 2.86. The molecule has 2 fully saturated rings. The zero-order valence-electron chi connectivity index (χ0n) is 25.1. The van der Waals surface area contributed by atoms with E-state index in [1.54, 1.807) is 0 Å². The molecule has 0 unspecified atom stereocenters. The van der Waals surface area contributed by atoms with E-state index >= 15 is 0 Å². The van der Waals surface area contributed by atoms with Crippen molar-refractivity contribution in [2.24, 2.45) is 0 Å². The van der Waals surface area contributed by atoms with Gasteiger partial charge in [-0.25, -0.2) is 0 Å². The summed E-state index contributed by atoms with van der Waals surface area (Å²) in [5, 5.41) is 21.4. The monoisotopic (exact) mass is 610 g/mol. The van der Waals surface area contributed by atoms with E-state index < -0.39 is 55.3 Å². The van der Waals surface area contributed by atoms with E-state index in [0.717, 1.165) is 16.7 Å². The SMILES string of the molecule is CO[C@@H]1[C@@H](OC)[C@H](O)[C@@H](CO[C@@H]2OC[C@H](OCc3ccccc3)[C@H](OCc3ccccc3)[C@H]2OCc2ccccc2)O[C@@H]1O. The van der Waals surface area contributed by atoms with E-state index in [1.807, 2.05) is 91.0 Å². The lowest BCUT2D eigenvalue weighted by Gasteiger charge is -2.44. The van der Waals surface area contributed by atoms with E-state index in [4.69, 9.17) is 37.9 Å². The van der Waals surface area contributed by atoms with Gasteiger partial charge in [-0.1, -0.05) is 91.0 Å². The number of hydrogen-bond acceptors (Lipinski definition) is 10. The Balaban J connectivity index is 1.34. The highest BCUT2D eigenvalue weighted by atomic mass is 16.7. The Morgan fingerprint density at radius 2 is 1.11 bits per heavy atom. The smallest absolute Gasteiger partial charge is 0.186 e. The van der Waals surface area contributed by atoms with Gasteiger partial charge in [0.1, 0.15) is 42.7 Å². The first-order valence-electron chi connectivity index (χ1n) is 14.8. The van der Waals surface area contributed by atoms with Gasteiger partial charge in [0.2, 0.25) is 0 Å². The minimum absolute atomic E-state index is 0.106. The molecule has 10 nitrogen and oxygen atoms in total. The van der Waals surface area contributed by atoms with E-state index in [2.05, 4.69) is 0 Å². The molecule has 3 aromatic carbocycles. The van der Waals surface area contributed by atoms with E-state index in [0.29, 0.717) is 13.2 Å². The highest BCUT2D eigenvalue weighted by Crippen LogP contribution is 2.29. The fraction of sp³-hybridized carbons (Fsp3) is 0.471. The number of benzene rings is 3. The third-order valence-electron chi connectivity index (χ3n) is 7.87. The van der Waals surface area contributed by atoms with Crippen molar-refractivity contribution in [2.75, 3.05) is 27.4 Å². The van der Waals surface area contributed by atoms with Crippen molar-refractivity contribution in [2.45, 2.75) is 75.1 Å². The van der Waals surface area contributed by atoms with Gasteiger partial charge in [0.25, 0.3) is 0 Å². The van der Waals surface area contributed by atoms with Crippen LogP contribution in [0.2, 0.25) is 0 Å². The minimum atomic E-state index is -1.31. The molecule has 0 radical (unpaired) electrons. The molecule has 0 saturated carbocycles. The Morgan fingerprint density at radius 1 is 0.614 bits per heavy atom. The van der Waals surface area contributed by atoms with Crippen molar-refractivity contribution in [1.29, 1.82) is 0 Å². The Hall–Kier alpha value is -2.74. The average molecular weight is 611 g/mol. The molecule has 0 bridgehead atoms. The van der Waals surface area contributed by atoms with Gasteiger partial charge in [0.15, 0.2) is 12.6 Å². The highest BCUT2D eigenvalue weighted by Gasteiger charge is 2.48. The van der Waals surface area contributed by atoms with Crippen LogP contribution in [0.5, 0.6) is 0 Å². The van der Waals surface area contributed by atoms with Gasteiger partial charge < -0.3 is 48.1 Å². The van der Waals surface area contributed by atoms with Gasteiger partial charge in [0, 0.05) is 14.2 Å². The maximum Gasteiger partial charge on any atom is 0.186 e. The Labute approximate surface area is 258 Å². The number of ether oxygens (including phenoxy) is 8. The average Bonchev–Trinajstić information content (AvgIpc) is 3.07.